The zero-order valence-corrected chi connectivity index (χ0v) is 15.5. The first-order valence-corrected chi connectivity index (χ1v) is 10.7. The van der Waals surface area contributed by atoms with Crippen LogP contribution in [-0.2, 0) is 19.4 Å². The Morgan fingerprint density at radius 2 is 1.96 bits per heavy atom. The van der Waals surface area contributed by atoms with Gasteiger partial charge >= 0.3 is 0 Å². The van der Waals surface area contributed by atoms with Crippen LogP contribution in [0.15, 0.2) is 29.2 Å². The van der Waals surface area contributed by atoms with E-state index >= 15 is 0 Å². The van der Waals surface area contributed by atoms with E-state index in [1.165, 1.54) is 6.26 Å². The lowest BCUT2D eigenvalue weighted by molar-refractivity contribution is -0.131. The van der Waals surface area contributed by atoms with Crippen molar-refractivity contribution in [1.82, 2.24) is 10.6 Å². The number of hydrogen-bond donors (Lipinski definition) is 2. The van der Waals surface area contributed by atoms with E-state index in [-0.39, 0.29) is 24.2 Å². The van der Waals surface area contributed by atoms with E-state index in [0.717, 1.165) is 31.2 Å². The summed E-state index contributed by atoms with van der Waals surface area (Å²) in [5.41, 5.74) is 1.04. The molecule has 1 amide bonds. The number of piperidine rings is 1. The second-order valence-corrected chi connectivity index (χ2v) is 9.23. The molecule has 4 atom stereocenters. The summed E-state index contributed by atoms with van der Waals surface area (Å²) in [6.07, 6.45) is 4.39. The SMILES string of the molecule is CC1COC(C(=O)NC2CCCC(c3ccc(S(C)(=O)=O)cc3)N2)C1. The summed E-state index contributed by atoms with van der Waals surface area (Å²) in [6.45, 7) is 2.73. The van der Waals surface area contributed by atoms with E-state index < -0.39 is 9.84 Å². The van der Waals surface area contributed by atoms with Crippen molar-refractivity contribution in [2.45, 2.75) is 55.8 Å². The number of carbonyl (C=O) groups is 1. The van der Waals surface area contributed by atoms with Crippen molar-refractivity contribution in [2.24, 2.45) is 5.92 Å². The fraction of sp³-hybridized carbons (Fsp3) is 0.611. The van der Waals surface area contributed by atoms with E-state index in [0.29, 0.717) is 17.4 Å². The van der Waals surface area contributed by atoms with Crippen molar-refractivity contribution in [3.63, 3.8) is 0 Å². The molecule has 7 heteroatoms. The third-order valence-electron chi connectivity index (χ3n) is 4.91. The smallest absolute Gasteiger partial charge is 0.250 e. The molecule has 138 valence electrons. The van der Waals surface area contributed by atoms with Crippen LogP contribution in [0, 0.1) is 5.92 Å². The standard InChI is InChI=1S/C18H26N2O4S/c1-12-10-16(24-11-12)18(21)20-17-5-3-4-15(19-17)13-6-8-14(9-7-13)25(2,22)23/h6-9,12,15-17,19H,3-5,10-11H2,1-2H3,(H,20,21). The zero-order valence-electron chi connectivity index (χ0n) is 14.7. The van der Waals surface area contributed by atoms with Gasteiger partial charge in [-0.25, -0.2) is 8.42 Å². The molecule has 0 radical (unpaired) electrons. The van der Waals surface area contributed by atoms with Crippen LogP contribution < -0.4 is 10.6 Å². The Morgan fingerprint density at radius 3 is 2.56 bits per heavy atom. The Labute approximate surface area is 149 Å². The summed E-state index contributed by atoms with van der Waals surface area (Å²) in [4.78, 5) is 12.6. The number of amides is 1. The Morgan fingerprint density at radius 1 is 1.24 bits per heavy atom. The highest BCUT2D eigenvalue weighted by molar-refractivity contribution is 7.90. The quantitative estimate of drug-likeness (QED) is 0.848. The molecule has 2 fully saturated rings. The van der Waals surface area contributed by atoms with E-state index in [1.54, 1.807) is 12.1 Å². The summed E-state index contributed by atoms with van der Waals surface area (Å²) in [6, 6.07) is 7.08. The van der Waals surface area contributed by atoms with Crippen molar-refractivity contribution in [3.05, 3.63) is 29.8 Å². The summed E-state index contributed by atoms with van der Waals surface area (Å²) in [7, 11) is -3.18. The zero-order chi connectivity index (χ0) is 18.0. The maximum absolute atomic E-state index is 12.3. The van der Waals surface area contributed by atoms with E-state index in [1.807, 2.05) is 12.1 Å². The van der Waals surface area contributed by atoms with Crippen molar-refractivity contribution in [3.8, 4) is 0 Å². The van der Waals surface area contributed by atoms with E-state index in [9.17, 15) is 13.2 Å². The van der Waals surface area contributed by atoms with Crippen molar-refractivity contribution >= 4 is 15.7 Å². The molecule has 0 aromatic heterocycles. The Bertz CT molecular complexity index is 717. The number of sulfone groups is 1. The molecular formula is C18H26N2O4S. The van der Waals surface area contributed by atoms with Gasteiger partial charge in [0.25, 0.3) is 0 Å². The normalized spacial score (nSPS) is 30.2. The number of nitrogens with one attached hydrogen (secondary N) is 2. The van der Waals surface area contributed by atoms with Gasteiger partial charge in [0.15, 0.2) is 9.84 Å². The molecule has 25 heavy (non-hydrogen) atoms. The molecule has 0 spiro atoms. The molecule has 2 aliphatic heterocycles. The second kappa shape index (κ2) is 7.43. The van der Waals surface area contributed by atoms with Crippen molar-refractivity contribution < 1.29 is 17.9 Å². The topological polar surface area (TPSA) is 84.5 Å². The van der Waals surface area contributed by atoms with Gasteiger partial charge in [0.2, 0.25) is 5.91 Å². The fourth-order valence-corrected chi connectivity index (χ4v) is 4.12. The number of carbonyl (C=O) groups excluding carboxylic acids is 1. The molecule has 2 heterocycles. The van der Waals surface area contributed by atoms with E-state index in [2.05, 4.69) is 17.6 Å². The van der Waals surface area contributed by atoms with Gasteiger partial charge in [-0.3, -0.25) is 10.1 Å². The van der Waals surface area contributed by atoms with Gasteiger partial charge < -0.3 is 10.1 Å². The minimum Gasteiger partial charge on any atom is -0.368 e. The highest BCUT2D eigenvalue weighted by atomic mass is 32.2. The number of hydrogen-bond acceptors (Lipinski definition) is 5. The molecule has 1 aromatic carbocycles. The Balaban J connectivity index is 1.60. The van der Waals surface area contributed by atoms with Crippen LogP contribution in [0.1, 0.15) is 44.2 Å². The van der Waals surface area contributed by atoms with Crippen LogP contribution in [0.4, 0.5) is 0 Å². The first kappa shape index (κ1) is 18.4. The van der Waals surface area contributed by atoms with Crippen LogP contribution in [-0.4, -0.2) is 39.5 Å². The van der Waals surface area contributed by atoms with Gasteiger partial charge in [0.1, 0.15) is 6.10 Å². The van der Waals surface area contributed by atoms with E-state index in [4.69, 9.17) is 4.74 Å². The molecule has 2 N–H and O–H groups in total. The lowest BCUT2D eigenvalue weighted by Gasteiger charge is -2.32. The number of benzene rings is 1. The Kier molecular flexibility index (Phi) is 5.46. The highest BCUT2D eigenvalue weighted by Gasteiger charge is 2.31. The summed E-state index contributed by atoms with van der Waals surface area (Å²) >= 11 is 0. The second-order valence-electron chi connectivity index (χ2n) is 7.22. The highest BCUT2D eigenvalue weighted by Crippen LogP contribution is 2.26. The van der Waals surface area contributed by atoms with Crippen LogP contribution in [0.3, 0.4) is 0 Å². The summed E-state index contributed by atoms with van der Waals surface area (Å²) in [5.74, 6) is 0.381. The van der Waals surface area contributed by atoms with Gasteiger partial charge in [0.05, 0.1) is 17.7 Å². The van der Waals surface area contributed by atoms with Crippen LogP contribution in [0.2, 0.25) is 0 Å². The van der Waals surface area contributed by atoms with Gasteiger partial charge in [-0.2, -0.15) is 0 Å². The monoisotopic (exact) mass is 366 g/mol. The van der Waals surface area contributed by atoms with Crippen molar-refractivity contribution in [2.75, 3.05) is 12.9 Å². The van der Waals surface area contributed by atoms with Crippen LogP contribution in [0.5, 0.6) is 0 Å². The molecule has 0 aliphatic carbocycles. The molecule has 2 saturated heterocycles. The van der Waals surface area contributed by atoms with Gasteiger partial charge in [-0.05, 0) is 49.3 Å². The minimum atomic E-state index is -3.18. The molecule has 4 unspecified atom stereocenters. The molecule has 0 bridgehead atoms. The fourth-order valence-electron chi connectivity index (χ4n) is 3.49. The minimum absolute atomic E-state index is 0.0464. The average molecular weight is 366 g/mol. The first-order chi connectivity index (χ1) is 11.8. The summed E-state index contributed by atoms with van der Waals surface area (Å²) in [5, 5.41) is 6.50. The summed E-state index contributed by atoms with van der Waals surface area (Å²) < 4.78 is 28.7. The van der Waals surface area contributed by atoms with Crippen LogP contribution >= 0.6 is 0 Å². The molecular weight excluding hydrogens is 340 g/mol. The lowest BCUT2D eigenvalue weighted by atomic mass is 9.96. The van der Waals surface area contributed by atoms with Crippen LogP contribution in [0.25, 0.3) is 0 Å². The predicted octanol–water partition coefficient (Wildman–Crippen LogP) is 1.77. The maximum Gasteiger partial charge on any atom is 0.250 e. The molecule has 3 rings (SSSR count). The molecule has 2 aliphatic rings. The molecule has 0 saturated carbocycles. The molecule has 1 aromatic rings. The first-order valence-electron chi connectivity index (χ1n) is 8.81. The predicted molar refractivity (Wildman–Crippen MR) is 94.7 cm³/mol. The lowest BCUT2D eigenvalue weighted by Crippen LogP contribution is -2.51. The third-order valence-corrected chi connectivity index (χ3v) is 6.03. The Hall–Kier alpha value is -1.44. The number of rotatable bonds is 4. The van der Waals surface area contributed by atoms with Gasteiger partial charge in [0, 0.05) is 12.3 Å². The average Bonchev–Trinajstić information content (AvgIpc) is 3.01. The van der Waals surface area contributed by atoms with Crippen molar-refractivity contribution in [1.29, 1.82) is 0 Å². The molecule has 6 nitrogen and oxygen atoms in total. The van der Waals surface area contributed by atoms with Gasteiger partial charge in [-0.15, -0.1) is 0 Å². The number of ether oxygens (including phenoxy) is 1. The van der Waals surface area contributed by atoms with Gasteiger partial charge in [-0.1, -0.05) is 19.1 Å². The third kappa shape index (κ3) is 4.59. The largest absolute Gasteiger partial charge is 0.368 e. The maximum atomic E-state index is 12.3.